The van der Waals surface area contributed by atoms with Crippen LogP contribution in [0.1, 0.15) is 75.9 Å². The SMILES string of the molecule is CCCn1c(CBr)nnc1C1CCCCCCC1. The van der Waals surface area contributed by atoms with Gasteiger partial charge in [-0.15, -0.1) is 10.2 Å². The number of nitrogens with zero attached hydrogens (tertiary/aromatic N) is 3. The van der Waals surface area contributed by atoms with Crippen molar-refractivity contribution in [3.05, 3.63) is 11.6 Å². The molecule has 1 aromatic rings. The highest BCUT2D eigenvalue weighted by Gasteiger charge is 2.21. The Hall–Kier alpha value is -0.380. The summed E-state index contributed by atoms with van der Waals surface area (Å²) in [6.07, 6.45) is 10.7. The van der Waals surface area contributed by atoms with E-state index in [9.17, 15) is 0 Å². The van der Waals surface area contributed by atoms with Crippen molar-refractivity contribution in [1.29, 1.82) is 0 Å². The summed E-state index contributed by atoms with van der Waals surface area (Å²) in [4.78, 5) is 0. The van der Waals surface area contributed by atoms with E-state index in [4.69, 9.17) is 0 Å². The smallest absolute Gasteiger partial charge is 0.143 e. The molecule has 2 rings (SSSR count). The van der Waals surface area contributed by atoms with Gasteiger partial charge in [0, 0.05) is 12.5 Å². The number of alkyl halides is 1. The van der Waals surface area contributed by atoms with Crippen molar-refractivity contribution in [3.63, 3.8) is 0 Å². The molecule has 0 radical (unpaired) electrons. The van der Waals surface area contributed by atoms with Gasteiger partial charge in [-0.05, 0) is 19.3 Å². The van der Waals surface area contributed by atoms with Gasteiger partial charge in [0.25, 0.3) is 0 Å². The fourth-order valence-corrected chi connectivity index (χ4v) is 3.35. The summed E-state index contributed by atoms with van der Waals surface area (Å²) in [6.45, 7) is 3.28. The molecule has 18 heavy (non-hydrogen) atoms. The molecule has 0 amide bonds. The summed E-state index contributed by atoms with van der Waals surface area (Å²) in [5, 5.41) is 9.65. The molecule has 0 saturated heterocycles. The lowest BCUT2D eigenvalue weighted by Crippen LogP contribution is -2.12. The van der Waals surface area contributed by atoms with Crippen molar-refractivity contribution in [2.75, 3.05) is 0 Å². The summed E-state index contributed by atoms with van der Waals surface area (Å²) in [5.41, 5.74) is 0. The number of halogens is 1. The van der Waals surface area contributed by atoms with E-state index in [1.807, 2.05) is 0 Å². The van der Waals surface area contributed by atoms with E-state index in [0.29, 0.717) is 5.92 Å². The summed E-state index contributed by atoms with van der Waals surface area (Å²) >= 11 is 3.52. The van der Waals surface area contributed by atoms with E-state index in [1.54, 1.807) is 0 Å². The van der Waals surface area contributed by atoms with Crippen LogP contribution in [0.15, 0.2) is 0 Å². The largest absolute Gasteiger partial charge is 0.314 e. The topological polar surface area (TPSA) is 30.7 Å². The number of hydrogen-bond acceptors (Lipinski definition) is 2. The van der Waals surface area contributed by atoms with Crippen LogP contribution in [-0.2, 0) is 11.9 Å². The molecule has 0 aliphatic heterocycles. The molecule has 1 saturated carbocycles. The minimum atomic E-state index is 0.636. The van der Waals surface area contributed by atoms with Gasteiger partial charge in [-0.1, -0.05) is 55.0 Å². The quantitative estimate of drug-likeness (QED) is 0.771. The van der Waals surface area contributed by atoms with Gasteiger partial charge in [0.15, 0.2) is 0 Å². The first kappa shape index (κ1) is 14.0. The van der Waals surface area contributed by atoms with Gasteiger partial charge in [0.05, 0.1) is 5.33 Å². The number of aromatic nitrogens is 3. The minimum Gasteiger partial charge on any atom is -0.314 e. The maximum absolute atomic E-state index is 4.48. The lowest BCUT2D eigenvalue weighted by Gasteiger charge is -2.20. The van der Waals surface area contributed by atoms with Gasteiger partial charge in [0.2, 0.25) is 0 Å². The van der Waals surface area contributed by atoms with Crippen LogP contribution in [0.2, 0.25) is 0 Å². The fraction of sp³-hybridized carbons (Fsp3) is 0.857. The Morgan fingerprint density at radius 3 is 2.39 bits per heavy atom. The zero-order valence-corrected chi connectivity index (χ0v) is 13.0. The Morgan fingerprint density at radius 1 is 1.11 bits per heavy atom. The summed E-state index contributed by atoms with van der Waals surface area (Å²) < 4.78 is 2.35. The van der Waals surface area contributed by atoms with Gasteiger partial charge < -0.3 is 4.57 Å². The molecular formula is C14H24BrN3. The maximum Gasteiger partial charge on any atom is 0.143 e. The van der Waals surface area contributed by atoms with Crippen LogP contribution in [0.5, 0.6) is 0 Å². The van der Waals surface area contributed by atoms with Gasteiger partial charge in [0.1, 0.15) is 11.6 Å². The first-order chi connectivity index (χ1) is 8.86. The molecule has 1 fully saturated rings. The summed E-state index contributed by atoms with van der Waals surface area (Å²) in [6, 6.07) is 0. The van der Waals surface area contributed by atoms with Crippen LogP contribution in [-0.4, -0.2) is 14.8 Å². The third kappa shape index (κ3) is 3.34. The van der Waals surface area contributed by atoms with E-state index in [1.165, 1.54) is 50.8 Å². The zero-order valence-electron chi connectivity index (χ0n) is 11.4. The average Bonchev–Trinajstić information content (AvgIpc) is 2.72. The standard InChI is InChI=1S/C14H24BrN3/c1-2-10-18-13(11-15)16-17-14(18)12-8-6-4-3-5-7-9-12/h12H,2-11H2,1H3. The van der Waals surface area contributed by atoms with Crippen molar-refractivity contribution in [2.45, 2.75) is 76.1 Å². The van der Waals surface area contributed by atoms with Crippen LogP contribution >= 0.6 is 15.9 Å². The molecule has 1 heterocycles. The third-order valence-corrected chi connectivity index (χ3v) is 4.39. The van der Waals surface area contributed by atoms with E-state index in [-0.39, 0.29) is 0 Å². The van der Waals surface area contributed by atoms with Gasteiger partial charge in [-0.2, -0.15) is 0 Å². The molecule has 102 valence electrons. The van der Waals surface area contributed by atoms with Crippen LogP contribution in [0, 0.1) is 0 Å². The highest BCUT2D eigenvalue weighted by molar-refractivity contribution is 9.08. The molecule has 0 bridgehead atoms. The highest BCUT2D eigenvalue weighted by atomic mass is 79.9. The molecule has 1 aromatic heterocycles. The predicted molar refractivity (Wildman–Crippen MR) is 78.0 cm³/mol. The normalized spacial score (nSPS) is 18.6. The first-order valence-electron chi connectivity index (χ1n) is 7.34. The lowest BCUT2D eigenvalue weighted by molar-refractivity contribution is 0.427. The molecule has 1 aliphatic rings. The van der Waals surface area contributed by atoms with Gasteiger partial charge >= 0.3 is 0 Å². The number of hydrogen-bond donors (Lipinski definition) is 0. The van der Waals surface area contributed by atoms with Crippen LogP contribution in [0.4, 0.5) is 0 Å². The van der Waals surface area contributed by atoms with Crippen molar-refractivity contribution < 1.29 is 0 Å². The van der Waals surface area contributed by atoms with E-state index >= 15 is 0 Å². The first-order valence-corrected chi connectivity index (χ1v) is 8.47. The van der Waals surface area contributed by atoms with Crippen molar-refractivity contribution >= 4 is 15.9 Å². The Labute approximate surface area is 118 Å². The zero-order chi connectivity index (χ0) is 12.8. The van der Waals surface area contributed by atoms with Gasteiger partial charge in [-0.3, -0.25) is 0 Å². The number of rotatable bonds is 4. The molecule has 0 atom stereocenters. The monoisotopic (exact) mass is 313 g/mol. The average molecular weight is 314 g/mol. The van der Waals surface area contributed by atoms with Crippen LogP contribution < -0.4 is 0 Å². The third-order valence-electron chi connectivity index (χ3n) is 3.89. The minimum absolute atomic E-state index is 0.636. The van der Waals surface area contributed by atoms with Crippen molar-refractivity contribution in [2.24, 2.45) is 0 Å². The second-order valence-corrected chi connectivity index (χ2v) is 5.86. The Morgan fingerprint density at radius 2 is 1.78 bits per heavy atom. The van der Waals surface area contributed by atoms with Crippen molar-refractivity contribution in [3.8, 4) is 0 Å². The van der Waals surface area contributed by atoms with Crippen molar-refractivity contribution in [1.82, 2.24) is 14.8 Å². The fourth-order valence-electron chi connectivity index (χ4n) is 2.93. The predicted octanol–water partition coefficient (Wildman–Crippen LogP) is 4.41. The Balaban J connectivity index is 2.16. The Kier molecular flexibility index (Phi) is 5.67. The van der Waals surface area contributed by atoms with Crippen LogP contribution in [0.3, 0.4) is 0 Å². The summed E-state index contributed by atoms with van der Waals surface area (Å²) in [5.74, 6) is 2.97. The van der Waals surface area contributed by atoms with E-state index < -0.39 is 0 Å². The lowest BCUT2D eigenvalue weighted by atomic mass is 9.90. The molecule has 3 nitrogen and oxygen atoms in total. The molecule has 0 spiro atoms. The molecule has 0 N–H and O–H groups in total. The van der Waals surface area contributed by atoms with E-state index in [0.717, 1.165) is 24.1 Å². The molecule has 0 aromatic carbocycles. The van der Waals surface area contributed by atoms with Gasteiger partial charge in [-0.25, -0.2) is 0 Å². The molecule has 1 aliphatic carbocycles. The van der Waals surface area contributed by atoms with Crippen LogP contribution in [0.25, 0.3) is 0 Å². The second-order valence-electron chi connectivity index (χ2n) is 5.30. The highest BCUT2D eigenvalue weighted by Crippen LogP contribution is 2.30. The van der Waals surface area contributed by atoms with E-state index in [2.05, 4.69) is 37.6 Å². The second kappa shape index (κ2) is 7.27. The molecule has 0 unspecified atom stereocenters. The summed E-state index contributed by atoms with van der Waals surface area (Å²) in [7, 11) is 0. The Bertz CT molecular complexity index is 354. The molecular weight excluding hydrogens is 290 g/mol. The maximum atomic E-state index is 4.48. The molecule has 4 heteroatoms.